The third-order valence-corrected chi connectivity index (χ3v) is 2.95. The lowest BCUT2D eigenvalue weighted by molar-refractivity contribution is -0.141. The summed E-state index contributed by atoms with van der Waals surface area (Å²) >= 11 is 0. The fourth-order valence-corrected chi connectivity index (χ4v) is 1.64. The summed E-state index contributed by atoms with van der Waals surface area (Å²) in [5, 5.41) is 12.8. The Morgan fingerprint density at radius 2 is 2.33 bits per heavy atom. The zero-order chi connectivity index (χ0) is 11.1. The molecular formula is C11H21NO3. The SMILES string of the molecule is COC(=O)CCC(O)CNCC1CCC1. The van der Waals surface area contributed by atoms with Gasteiger partial charge in [-0.25, -0.2) is 0 Å². The maximum atomic E-state index is 10.8. The Morgan fingerprint density at radius 1 is 1.60 bits per heavy atom. The normalized spacial score (nSPS) is 18.3. The highest BCUT2D eigenvalue weighted by atomic mass is 16.5. The van der Waals surface area contributed by atoms with Gasteiger partial charge in [0.2, 0.25) is 0 Å². The lowest BCUT2D eigenvalue weighted by Gasteiger charge is -2.26. The molecule has 0 aromatic heterocycles. The quantitative estimate of drug-likeness (QED) is 0.613. The Kier molecular flexibility index (Phi) is 5.65. The van der Waals surface area contributed by atoms with Crippen molar-refractivity contribution in [1.29, 1.82) is 0 Å². The van der Waals surface area contributed by atoms with Gasteiger partial charge in [0.05, 0.1) is 13.2 Å². The van der Waals surface area contributed by atoms with Gasteiger partial charge < -0.3 is 15.2 Å². The summed E-state index contributed by atoms with van der Waals surface area (Å²) < 4.78 is 4.50. The third kappa shape index (κ3) is 5.14. The van der Waals surface area contributed by atoms with Gasteiger partial charge in [0, 0.05) is 13.0 Å². The molecule has 0 aromatic carbocycles. The van der Waals surface area contributed by atoms with Gasteiger partial charge in [0.1, 0.15) is 0 Å². The second kappa shape index (κ2) is 6.80. The molecule has 0 aromatic rings. The minimum atomic E-state index is -0.441. The van der Waals surface area contributed by atoms with Crippen LogP contribution >= 0.6 is 0 Å². The van der Waals surface area contributed by atoms with Gasteiger partial charge in [0.25, 0.3) is 0 Å². The lowest BCUT2D eigenvalue weighted by atomic mass is 9.85. The van der Waals surface area contributed by atoms with Crippen molar-refractivity contribution in [2.75, 3.05) is 20.2 Å². The van der Waals surface area contributed by atoms with Crippen molar-refractivity contribution in [3.8, 4) is 0 Å². The van der Waals surface area contributed by atoms with Crippen molar-refractivity contribution in [2.45, 2.75) is 38.2 Å². The molecule has 0 spiro atoms. The van der Waals surface area contributed by atoms with Crippen LogP contribution in [0.4, 0.5) is 0 Å². The standard InChI is InChI=1S/C11H21NO3/c1-15-11(14)6-5-10(13)8-12-7-9-3-2-4-9/h9-10,12-13H,2-8H2,1H3. The van der Waals surface area contributed by atoms with Crippen LogP contribution in [0.25, 0.3) is 0 Å². The molecule has 1 atom stereocenters. The molecule has 0 amide bonds. The average Bonchev–Trinajstić information content (AvgIpc) is 2.18. The summed E-state index contributed by atoms with van der Waals surface area (Å²) in [6.45, 7) is 1.57. The van der Waals surface area contributed by atoms with Crippen molar-refractivity contribution in [3.05, 3.63) is 0 Å². The first-order valence-corrected chi connectivity index (χ1v) is 5.68. The molecule has 1 aliphatic carbocycles. The number of carbonyl (C=O) groups excluding carboxylic acids is 1. The predicted molar refractivity (Wildman–Crippen MR) is 57.5 cm³/mol. The Hall–Kier alpha value is -0.610. The Morgan fingerprint density at radius 3 is 2.87 bits per heavy atom. The maximum Gasteiger partial charge on any atom is 0.305 e. The van der Waals surface area contributed by atoms with Crippen molar-refractivity contribution >= 4 is 5.97 Å². The number of hydrogen-bond donors (Lipinski definition) is 2. The lowest BCUT2D eigenvalue weighted by Crippen LogP contribution is -2.33. The maximum absolute atomic E-state index is 10.8. The number of esters is 1. The molecule has 88 valence electrons. The summed E-state index contributed by atoms with van der Waals surface area (Å²) in [5.41, 5.74) is 0. The molecular weight excluding hydrogens is 194 g/mol. The number of ether oxygens (including phenoxy) is 1. The number of methoxy groups -OCH3 is 1. The van der Waals surface area contributed by atoms with Crippen LogP contribution in [0.1, 0.15) is 32.1 Å². The molecule has 1 fully saturated rings. The molecule has 1 unspecified atom stereocenters. The highest BCUT2D eigenvalue weighted by Crippen LogP contribution is 2.25. The van der Waals surface area contributed by atoms with E-state index in [9.17, 15) is 9.90 Å². The van der Waals surface area contributed by atoms with E-state index >= 15 is 0 Å². The smallest absolute Gasteiger partial charge is 0.305 e. The van der Waals surface area contributed by atoms with Gasteiger partial charge in [-0.3, -0.25) is 4.79 Å². The van der Waals surface area contributed by atoms with Crippen LogP contribution in [-0.4, -0.2) is 37.4 Å². The highest BCUT2D eigenvalue weighted by Gasteiger charge is 2.17. The van der Waals surface area contributed by atoms with Crippen molar-refractivity contribution in [1.82, 2.24) is 5.32 Å². The summed E-state index contributed by atoms with van der Waals surface area (Å²) in [7, 11) is 1.36. The first-order valence-electron chi connectivity index (χ1n) is 5.68. The molecule has 1 saturated carbocycles. The topological polar surface area (TPSA) is 58.6 Å². The summed E-state index contributed by atoms with van der Waals surface area (Å²) in [4.78, 5) is 10.8. The molecule has 2 N–H and O–H groups in total. The van der Waals surface area contributed by atoms with Crippen LogP contribution in [-0.2, 0) is 9.53 Å². The van der Waals surface area contributed by atoms with E-state index in [0.29, 0.717) is 19.4 Å². The minimum Gasteiger partial charge on any atom is -0.469 e. The number of rotatable bonds is 7. The second-order valence-corrected chi connectivity index (χ2v) is 4.22. The van der Waals surface area contributed by atoms with Crippen LogP contribution in [0, 0.1) is 5.92 Å². The highest BCUT2D eigenvalue weighted by molar-refractivity contribution is 5.69. The molecule has 4 heteroatoms. The van der Waals surface area contributed by atoms with Crippen LogP contribution < -0.4 is 5.32 Å². The fraction of sp³-hybridized carbons (Fsp3) is 0.909. The van der Waals surface area contributed by atoms with Gasteiger partial charge in [-0.2, -0.15) is 0 Å². The molecule has 1 rings (SSSR count). The van der Waals surface area contributed by atoms with E-state index in [1.54, 1.807) is 0 Å². The van der Waals surface area contributed by atoms with E-state index in [1.807, 2.05) is 0 Å². The zero-order valence-corrected chi connectivity index (χ0v) is 9.37. The van der Waals surface area contributed by atoms with E-state index in [4.69, 9.17) is 0 Å². The molecule has 0 heterocycles. The van der Waals surface area contributed by atoms with Crippen LogP contribution in [0.2, 0.25) is 0 Å². The van der Waals surface area contributed by atoms with Crippen molar-refractivity contribution < 1.29 is 14.6 Å². The van der Waals surface area contributed by atoms with Crippen molar-refractivity contribution in [2.24, 2.45) is 5.92 Å². The number of hydrogen-bond acceptors (Lipinski definition) is 4. The van der Waals surface area contributed by atoms with Crippen molar-refractivity contribution in [3.63, 3.8) is 0 Å². The molecule has 15 heavy (non-hydrogen) atoms. The summed E-state index contributed by atoms with van der Waals surface area (Å²) in [5.74, 6) is 0.547. The summed E-state index contributed by atoms with van der Waals surface area (Å²) in [6, 6.07) is 0. The van der Waals surface area contributed by atoms with E-state index in [0.717, 1.165) is 12.5 Å². The van der Waals surface area contributed by atoms with Crippen LogP contribution in [0.15, 0.2) is 0 Å². The predicted octanol–water partition coefficient (Wildman–Crippen LogP) is 0.690. The van der Waals surface area contributed by atoms with E-state index in [1.165, 1.54) is 26.4 Å². The average molecular weight is 215 g/mol. The monoisotopic (exact) mass is 215 g/mol. The van der Waals surface area contributed by atoms with Gasteiger partial charge in [-0.05, 0) is 31.7 Å². The van der Waals surface area contributed by atoms with Crippen LogP contribution in [0.3, 0.4) is 0 Å². The summed E-state index contributed by atoms with van der Waals surface area (Å²) in [6.07, 6.45) is 4.30. The molecule has 4 nitrogen and oxygen atoms in total. The van der Waals surface area contributed by atoms with Gasteiger partial charge in [-0.1, -0.05) is 6.42 Å². The third-order valence-electron chi connectivity index (χ3n) is 2.95. The first kappa shape index (κ1) is 12.5. The number of carbonyl (C=O) groups is 1. The Labute approximate surface area is 91.0 Å². The number of aliphatic hydroxyl groups is 1. The van der Waals surface area contributed by atoms with Crippen LogP contribution in [0.5, 0.6) is 0 Å². The largest absolute Gasteiger partial charge is 0.469 e. The molecule has 0 aliphatic heterocycles. The fourth-order valence-electron chi connectivity index (χ4n) is 1.64. The van der Waals surface area contributed by atoms with Gasteiger partial charge in [-0.15, -0.1) is 0 Å². The van der Waals surface area contributed by atoms with Gasteiger partial charge >= 0.3 is 5.97 Å². The van der Waals surface area contributed by atoms with E-state index < -0.39 is 6.10 Å². The van der Waals surface area contributed by atoms with E-state index in [-0.39, 0.29) is 5.97 Å². The molecule has 0 saturated heterocycles. The number of aliphatic hydroxyl groups excluding tert-OH is 1. The Balaban J connectivity index is 1.92. The molecule has 0 bridgehead atoms. The molecule has 1 aliphatic rings. The zero-order valence-electron chi connectivity index (χ0n) is 9.37. The van der Waals surface area contributed by atoms with E-state index in [2.05, 4.69) is 10.1 Å². The minimum absolute atomic E-state index is 0.256. The molecule has 0 radical (unpaired) electrons. The second-order valence-electron chi connectivity index (χ2n) is 4.22. The van der Waals surface area contributed by atoms with Gasteiger partial charge in [0.15, 0.2) is 0 Å². The number of nitrogens with one attached hydrogen (secondary N) is 1. The first-order chi connectivity index (χ1) is 7.22. The Bertz CT molecular complexity index is 192.